The van der Waals surface area contributed by atoms with Gasteiger partial charge in [0, 0.05) is 12.7 Å². The van der Waals surface area contributed by atoms with Crippen LogP contribution in [0.4, 0.5) is 4.79 Å². The number of methoxy groups -OCH3 is 1. The highest BCUT2D eigenvalue weighted by Gasteiger charge is 2.49. The molecule has 0 aliphatic carbocycles. The Hall–Kier alpha value is -2.78. The minimum atomic E-state index is -0.623. The van der Waals surface area contributed by atoms with Crippen molar-refractivity contribution in [1.82, 2.24) is 4.90 Å². The van der Waals surface area contributed by atoms with Gasteiger partial charge in [0.05, 0.1) is 51.0 Å². The summed E-state index contributed by atoms with van der Waals surface area (Å²) < 4.78 is 28.4. The molecule has 2 aliphatic heterocycles. The largest absolute Gasteiger partial charge is 0.445 e. The zero-order valence-corrected chi connectivity index (χ0v) is 18.6. The Kier molecular flexibility index (Phi) is 8.06. The third-order valence-corrected chi connectivity index (χ3v) is 5.86. The van der Waals surface area contributed by atoms with E-state index in [2.05, 4.69) is 0 Å². The second kappa shape index (κ2) is 11.4. The number of nitrogens with zero attached hydrogens (tertiary/aromatic N) is 1. The van der Waals surface area contributed by atoms with Gasteiger partial charge in [0.15, 0.2) is 12.1 Å². The molecule has 2 saturated heterocycles. The fourth-order valence-corrected chi connectivity index (χ4v) is 4.10. The van der Waals surface area contributed by atoms with Gasteiger partial charge in [0.25, 0.3) is 0 Å². The van der Waals surface area contributed by atoms with Crippen LogP contribution in [0.5, 0.6) is 0 Å². The fraction of sp³-hybridized carbons (Fsp3) is 0.440. The van der Waals surface area contributed by atoms with Gasteiger partial charge in [-0.2, -0.15) is 0 Å². The molecule has 0 unspecified atom stereocenters. The van der Waals surface area contributed by atoms with E-state index >= 15 is 0 Å². The number of Topliss-reactive ketones (excluding diaryl/α,β-unsaturated/α-hetero) is 1. The first-order valence-corrected chi connectivity index (χ1v) is 11.1. The molecule has 4 atom stereocenters. The first-order chi connectivity index (χ1) is 16.2. The monoisotopic (exact) mass is 455 g/mol. The van der Waals surface area contributed by atoms with Gasteiger partial charge in [-0.1, -0.05) is 60.7 Å². The number of hydrogen-bond donors (Lipinski definition) is 0. The third kappa shape index (κ3) is 5.78. The molecular formula is C25H29NO7. The summed E-state index contributed by atoms with van der Waals surface area (Å²) in [6, 6.07) is 18.5. The zero-order chi connectivity index (χ0) is 23.0. The van der Waals surface area contributed by atoms with Crippen molar-refractivity contribution in [3.8, 4) is 0 Å². The summed E-state index contributed by atoms with van der Waals surface area (Å²) in [6.45, 7) is 1.28. The van der Waals surface area contributed by atoms with Crippen molar-refractivity contribution in [2.75, 3.05) is 40.1 Å². The van der Waals surface area contributed by atoms with Crippen LogP contribution in [0.25, 0.3) is 0 Å². The minimum Gasteiger partial charge on any atom is -0.445 e. The predicted octanol–water partition coefficient (Wildman–Crippen LogP) is 2.97. The molecule has 0 bridgehead atoms. The van der Waals surface area contributed by atoms with E-state index in [9.17, 15) is 9.59 Å². The van der Waals surface area contributed by atoms with Crippen LogP contribution in [0.15, 0.2) is 60.7 Å². The van der Waals surface area contributed by atoms with Gasteiger partial charge in [0.1, 0.15) is 6.61 Å². The molecule has 2 fully saturated rings. The predicted molar refractivity (Wildman–Crippen MR) is 118 cm³/mol. The van der Waals surface area contributed by atoms with Gasteiger partial charge >= 0.3 is 6.09 Å². The molecule has 8 nitrogen and oxygen atoms in total. The fourth-order valence-electron chi connectivity index (χ4n) is 4.10. The molecule has 0 N–H and O–H groups in total. The summed E-state index contributed by atoms with van der Waals surface area (Å²) in [6.07, 6.45) is -1.76. The Morgan fingerprint density at radius 2 is 1.79 bits per heavy atom. The van der Waals surface area contributed by atoms with Crippen molar-refractivity contribution in [3.63, 3.8) is 0 Å². The zero-order valence-electron chi connectivity index (χ0n) is 18.6. The number of hydrogen-bond acceptors (Lipinski definition) is 7. The van der Waals surface area contributed by atoms with Gasteiger partial charge in [-0.15, -0.1) is 0 Å². The first kappa shape index (κ1) is 23.4. The van der Waals surface area contributed by atoms with Crippen LogP contribution < -0.4 is 0 Å². The number of benzene rings is 2. The SMILES string of the molecule is COCCOC[C@@H]1C(=O)CN(C(=O)OCc2ccccc2)[C@@H]2CO[C@@H](c3ccccc3)O[C@@H]12. The van der Waals surface area contributed by atoms with E-state index in [-0.39, 0.29) is 32.1 Å². The van der Waals surface area contributed by atoms with E-state index in [4.69, 9.17) is 23.7 Å². The maximum Gasteiger partial charge on any atom is 0.410 e. The Labute approximate surface area is 193 Å². The average Bonchev–Trinajstić information content (AvgIpc) is 2.86. The van der Waals surface area contributed by atoms with Gasteiger partial charge < -0.3 is 23.7 Å². The molecule has 2 aromatic rings. The number of rotatable bonds is 8. The summed E-state index contributed by atoms with van der Waals surface area (Å²) >= 11 is 0. The van der Waals surface area contributed by atoms with Crippen LogP contribution in [-0.2, 0) is 35.1 Å². The maximum atomic E-state index is 13.1. The highest BCUT2D eigenvalue weighted by molar-refractivity contribution is 5.88. The smallest absolute Gasteiger partial charge is 0.410 e. The van der Waals surface area contributed by atoms with E-state index in [1.165, 1.54) is 4.90 Å². The second-order valence-electron chi connectivity index (χ2n) is 8.05. The highest BCUT2D eigenvalue weighted by atomic mass is 16.7. The van der Waals surface area contributed by atoms with Crippen molar-refractivity contribution in [1.29, 1.82) is 0 Å². The Morgan fingerprint density at radius 1 is 1.06 bits per heavy atom. The van der Waals surface area contributed by atoms with Crippen LogP contribution in [-0.4, -0.2) is 69.0 Å². The van der Waals surface area contributed by atoms with Crippen molar-refractivity contribution in [3.05, 3.63) is 71.8 Å². The molecule has 0 radical (unpaired) electrons. The number of ether oxygens (including phenoxy) is 5. The standard InChI is InChI=1S/C25H29NO7/c1-29-12-13-30-16-20-22(27)14-26(25(28)32-15-18-8-4-2-5-9-18)21-17-31-24(33-23(20)21)19-10-6-3-7-11-19/h2-11,20-21,23-24H,12-17H2,1H3/t20-,21-,23+,24-/m1/s1. The first-order valence-electron chi connectivity index (χ1n) is 11.1. The molecule has 0 spiro atoms. The van der Waals surface area contributed by atoms with Crippen LogP contribution in [0.1, 0.15) is 17.4 Å². The molecule has 0 saturated carbocycles. The molecule has 4 rings (SSSR count). The second-order valence-corrected chi connectivity index (χ2v) is 8.05. The van der Waals surface area contributed by atoms with Crippen LogP contribution in [0.2, 0.25) is 0 Å². The number of likely N-dealkylation sites (tertiary alicyclic amines) is 1. The van der Waals surface area contributed by atoms with Gasteiger partial charge in [-0.3, -0.25) is 9.69 Å². The number of carbonyl (C=O) groups excluding carboxylic acids is 2. The summed E-state index contributed by atoms with van der Waals surface area (Å²) in [7, 11) is 1.59. The Balaban J connectivity index is 1.48. The van der Waals surface area contributed by atoms with Gasteiger partial charge in [0.2, 0.25) is 0 Å². The number of amides is 1. The minimum absolute atomic E-state index is 0.0736. The molecule has 2 aromatic carbocycles. The lowest BCUT2D eigenvalue weighted by atomic mass is 9.86. The lowest BCUT2D eigenvalue weighted by molar-refractivity contribution is -0.260. The molecule has 2 heterocycles. The summed E-state index contributed by atoms with van der Waals surface area (Å²) in [5.41, 5.74) is 1.72. The molecule has 8 heteroatoms. The van der Waals surface area contributed by atoms with Gasteiger partial charge in [-0.25, -0.2) is 4.79 Å². The van der Waals surface area contributed by atoms with E-state index in [0.717, 1.165) is 11.1 Å². The maximum absolute atomic E-state index is 13.1. The summed E-state index contributed by atoms with van der Waals surface area (Å²) in [5.74, 6) is -0.640. The van der Waals surface area contributed by atoms with Crippen molar-refractivity contribution < 1.29 is 33.3 Å². The summed E-state index contributed by atoms with van der Waals surface area (Å²) in [5, 5.41) is 0. The number of carbonyl (C=O) groups is 2. The summed E-state index contributed by atoms with van der Waals surface area (Å²) in [4.78, 5) is 27.4. The van der Waals surface area contributed by atoms with Crippen LogP contribution >= 0.6 is 0 Å². The lowest BCUT2D eigenvalue weighted by Crippen LogP contribution is -2.64. The van der Waals surface area contributed by atoms with Crippen molar-refractivity contribution in [2.24, 2.45) is 5.92 Å². The topological polar surface area (TPSA) is 83.5 Å². The average molecular weight is 456 g/mol. The molecule has 33 heavy (non-hydrogen) atoms. The van der Waals surface area contributed by atoms with Crippen molar-refractivity contribution in [2.45, 2.75) is 25.0 Å². The Morgan fingerprint density at radius 3 is 2.52 bits per heavy atom. The molecule has 0 aromatic heterocycles. The number of piperidine rings is 1. The van der Waals surface area contributed by atoms with Gasteiger partial charge in [-0.05, 0) is 5.56 Å². The quantitative estimate of drug-likeness (QED) is 0.566. The molecule has 176 valence electrons. The highest BCUT2D eigenvalue weighted by Crippen LogP contribution is 2.35. The third-order valence-electron chi connectivity index (χ3n) is 5.86. The molecule has 2 aliphatic rings. The van der Waals surface area contributed by atoms with Crippen LogP contribution in [0, 0.1) is 5.92 Å². The Bertz CT molecular complexity index is 907. The molecular weight excluding hydrogens is 426 g/mol. The van der Waals surface area contributed by atoms with Crippen LogP contribution in [0.3, 0.4) is 0 Å². The van der Waals surface area contributed by atoms with E-state index in [1.54, 1.807) is 7.11 Å². The normalized spacial score (nSPS) is 24.9. The van der Waals surface area contributed by atoms with E-state index < -0.39 is 30.4 Å². The van der Waals surface area contributed by atoms with Crippen molar-refractivity contribution >= 4 is 11.9 Å². The molecule has 1 amide bonds. The lowest BCUT2D eigenvalue weighted by Gasteiger charge is -2.47. The van der Waals surface area contributed by atoms with E-state index in [1.807, 2.05) is 60.7 Å². The number of fused-ring (bicyclic) bond motifs is 1. The van der Waals surface area contributed by atoms with E-state index in [0.29, 0.717) is 13.2 Å². The number of ketones is 1.